The molecule has 1 aliphatic rings. The third-order valence-corrected chi connectivity index (χ3v) is 1.48. The van der Waals surface area contributed by atoms with Gasteiger partial charge in [-0.25, -0.2) is 0 Å². The Balaban J connectivity index is 2.73. The Hall–Kier alpha value is -1.31. The highest BCUT2D eigenvalue weighted by Crippen LogP contribution is 2.08. The van der Waals surface area contributed by atoms with E-state index in [0.29, 0.717) is 5.57 Å². The molecule has 0 aliphatic heterocycles. The van der Waals surface area contributed by atoms with Gasteiger partial charge in [0.25, 0.3) is 0 Å². The monoisotopic (exact) mass is 150 g/mol. The molecule has 0 heterocycles. The Morgan fingerprint density at radius 2 is 2.27 bits per heavy atom. The quantitative estimate of drug-likeness (QED) is 0.559. The van der Waals surface area contributed by atoms with Gasteiger partial charge in [-0.05, 0) is 24.6 Å². The fraction of sp³-hybridized carbons (Fsp3) is 0.222. The van der Waals surface area contributed by atoms with Crippen LogP contribution in [-0.4, -0.2) is 13.4 Å². The minimum Gasteiger partial charge on any atom is -0.497 e. The van der Waals surface area contributed by atoms with Crippen LogP contribution in [0.25, 0.3) is 0 Å². The van der Waals surface area contributed by atoms with E-state index in [-0.39, 0.29) is 0 Å². The summed E-state index contributed by atoms with van der Waals surface area (Å²) in [5, 5.41) is 0. The van der Waals surface area contributed by atoms with Gasteiger partial charge in [-0.2, -0.15) is 0 Å². The molecule has 58 valence electrons. The van der Waals surface area contributed by atoms with Gasteiger partial charge in [0.15, 0.2) is 0 Å². The Labute approximate surface area is 65.9 Å². The Kier molecular flexibility index (Phi) is 2.66. The van der Waals surface area contributed by atoms with Gasteiger partial charge in [0.2, 0.25) is 0 Å². The van der Waals surface area contributed by atoms with E-state index in [9.17, 15) is 4.79 Å². The zero-order valence-corrected chi connectivity index (χ0v) is 6.41. The van der Waals surface area contributed by atoms with Gasteiger partial charge < -0.3 is 4.74 Å². The van der Waals surface area contributed by atoms with Crippen LogP contribution in [-0.2, 0) is 9.53 Å². The van der Waals surface area contributed by atoms with Crippen molar-refractivity contribution >= 4 is 6.29 Å². The molecule has 0 saturated heterocycles. The highest BCUT2D eigenvalue weighted by molar-refractivity contribution is 5.77. The zero-order chi connectivity index (χ0) is 8.10. The molecule has 0 amide bonds. The van der Waals surface area contributed by atoms with Crippen LogP contribution in [0, 0.1) is 0 Å². The standard InChI is InChI=1S/C9H10O2/c1-11-9-4-2-3-8(7-10)5-6-9/h3-7H,2H2,1H3. The van der Waals surface area contributed by atoms with E-state index in [1.54, 1.807) is 19.3 Å². The third kappa shape index (κ3) is 2.08. The molecular formula is C9H10O2. The Bertz CT molecular complexity index is 234. The van der Waals surface area contributed by atoms with Gasteiger partial charge in [-0.1, -0.05) is 6.08 Å². The molecule has 1 aliphatic carbocycles. The predicted octanol–water partition coefficient (Wildman–Crippen LogP) is 1.60. The summed E-state index contributed by atoms with van der Waals surface area (Å²) in [6.45, 7) is 0. The summed E-state index contributed by atoms with van der Waals surface area (Å²) in [5.74, 6) is 0.804. The van der Waals surface area contributed by atoms with Gasteiger partial charge in [-0.15, -0.1) is 0 Å². The van der Waals surface area contributed by atoms with Crippen molar-refractivity contribution in [2.45, 2.75) is 6.42 Å². The van der Waals surface area contributed by atoms with Crippen LogP contribution in [0.15, 0.2) is 35.6 Å². The largest absolute Gasteiger partial charge is 0.497 e. The summed E-state index contributed by atoms with van der Waals surface area (Å²) in [5.41, 5.74) is 0.702. The summed E-state index contributed by atoms with van der Waals surface area (Å²) in [7, 11) is 1.61. The molecule has 1 rings (SSSR count). The summed E-state index contributed by atoms with van der Waals surface area (Å²) < 4.78 is 4.99. The molecule has 0 bridgehead atoms. The molecule has 0 N–H and O–H groups in total. The second kappa shape index (κ2) is 3.76. The van der Waals surface area contributed by atoms with Crippen molar-refractivity contribution in [1.82, 2.24) is 0 Å². The molecule has 0 aromatic heterocycles. The van der Waals surface area contributed by atoms with E-state index in [4.69, 9.17) is 4.74 Å². The lowest BCUT2D eigenvalue weighted by atomic mass is 10.2. The summed E-state index contributed by atoms with van der Waals surface area (Å²) in [4.78, 5) is 10.3. The maximum atomic E-state index is 10.3. The SMILES string of the molecule is COC1=CCC=C(C=O)C=C1. The minimum atomic E-state index is 0.702. The highest BCUT2D eigenvalue weighted by Gasteiger charge is 1.95. The Morgan fingerprint density at radius 3 is 2.91 bits per heavy atom. The molecule has 0 aromatic carbocycles. The zero-order valence-electron chi connectivity index (χ0n) is 6.41. The lowest BCUT2D eigenvalue weighted by Gasteiger charge is -1.95. The van der Waals surface area contributed by atoms with Crippen molar-refractivity contribution < 1.29 is 9.53 Å². The van der Waals surface area contributed by atoms with Crippen molar-refractivity contribution in [2.24, 2.45) is 0 Å². The number of ether oxygens (including phenoxy) is 1. The number of allylic oxidation sites excluding steroid dienone is 5. The summed E-state index contributed by atoms with van der Waals surface area (Å²) in [6, 6.07) is 0. The van der Waals surface area contributed by atoms with E-state index < -0.39 is 0 Å². The van der Waals surface area contributed by atoms with Gasteiger partial charge >= 0.3 is 0 Å². The van der Waals surface area contributed by atoms with Gasteiger partial charge in [0.1, 0.15) is 12.0 Å². The molecule has 0 saturated carbocycles. The second-order valence-electron chi connectivity index (χ2n) is 2.20. The number of aldehydes is 1. The lowest BCUT2D eigenvalue weighted by molar-refractivity contribution is -0.104. The van der Waals surface area contributed by atoms with Crippen molar-refractivity contribution in [1.29, 1.82) is 0 Å². The van der Waals surface area contributed by atoms with Crippen molar-refractivity contribution in [3.63, 3.8) is 0 Å². The van der Waals surface area contributed by atoms with Crippen LogP contribution in [0.2, 0.25) is 0 Å². The normalized spacial score (nSPS) is 16.5. The first-order chi connectivity index (χ1) is 5.36. The van der Waals surface area contributed by atoms with Crippen LogP contribution in [0.1, 0.15) is 6.42 Å². The van der Waals surface area contributed by atoms with Crippen molar-refractivity contribution in [3.8, 4) is 0 Å². The average molecular weight is 150 g/mol. The molecule has 11 heavy (non-hydrogen) atoms. The van der Waals surface area contributed by atoms with Crippen molar-refractivity contribution in [3.05, 3.63) is 35.6 Å². The fourth-order valence-corrected chi connectivity index (χ4v) is 0.864. The van der Waals surface area contributed by atoms with E-state index >= 15 is 0 Å². The van der Waals surface area contributed by atoms with Crippen LogP contribution >= 0.6 is 0 Å². The predicted molar refractivity (Wildman–Crippen MR) is 43.0 cm³/mol. The first kappa shape index (κ1) is 7.79. The second-order valence-corrected chi connectivity index (χ2v) is 2.20. The van der Waals surface area contributed by atoms with Gasteiger partial charge in [-0.3, -0.25) is 4.79 Å². The third-order valence-electron chi connectivity index (χ3n) is 1.48. The molecule has 2 heteroatoms. The highest BCUT2D eigenvalue weighted by atomic mass is 16.5. The van der Waals surface area contributed by atoms with E-state index in [2.05, 4.69) is 0 Å². The summed E-state index contributed by atoms with van der Waals surface area (Å²) >= 11 is 0. The maximum Gasteiger partial charge on any atom is 0.149 e. The molecule has 0 atom stereocenters. The first-order valence-electron chi connectivity index (χ1n) is 3.44. The number of hydrogen-bond acceptors (Lipinski definition) is 2. The van der Waals surface area contributed by atoms with E-state index in [1.807, 2.05) is 12.2 Å². The topological polar surface area (TPSA) is 26.3 Å². The fourth-order valence-electron chi connectivity index (χ4n) is 0.864. The van der Waals surface area contributed by atoms with E-state index in [0.717, 1.165) is 18.5 Å². The number of methoxy groups -OCH3 is 1. The van der Waals surface area contributed by atoms with Crippen LogP contribution in [0.4, 0.5) is 0 Å². The van der Waals surface area contributed by atoms with Gasteiger partial charge in [0.05, 0.1) is 7.11 Å². The number of rotatable bonds is 2. The molecule has 2 nitrogen and oxygen atoms in total. The van der Waals surface area contributed by atoms with Crippen LogP contribution in [0.3, 0.4) is 0 Å². The summed E-state index contributed by atoms with van der Waals surface area (Å²) in [6.07, 6.45) is 8.90. The first-order valence-corrected chi connectivity index (χ1v) is 3.44. The van der Waals surface area contributed by atoms with Crippen molar-refractivity contribution in [2.75, 3.05) is 7.11 Å². The molecule has 0 fully saturated rings. The molecule has 0 radical (unpaired) electrons. The van der Waals surface area contributed by atoms with E-state index in [1.165, 1.54) is 0 Å². The van der Waals surface area contributed by atoms with Gasteiger partial charge in [0, 0.05) is 5.57 Å². The smallest absolute Gasteiger partial charge is 0.149 e. The van der Waals surface area contributed by atoms with Crippen LogP contribution in [0.5, 0.6) is 0 Å². The van der Waals surface area contributed by atoms with Crippen LogP contribution < -0.4 is 0 Å². The average Bonchev–Trinajstić information content (AvgIpc) is 2.28. The molecule has 0 aromatic rings. The number of hydrogen-bond donors (Lipinski definition) is 0. The minimum absolute atomic E-state index is 0.702. The Morgan fingerprint density at radius 1 is 1.45 bits per heavy atom. The molecule has 0 spiro atoms. The molecular weight excluding hydrogens is 140 g/mol. The number of carbonyl (C=O) groups excluding carboxylic acids is 1. The number of carbonyl (C=O) groups is 1. The molecule has 0 unspecified atom stereocenters. The lowest BCUT2D eigenvalue weighted by Crippen LogP contribution is -1.79. The maximum absolute atomic E-state index is 10.3.